The molecule has 1 atom stereocenters. The number of rotatable bonds is 5. The monoisotopic (exact) mass is 391 g/mol. The lowest BCUT2D eigenvalue weighted by Gasteiger charge is -2.11. The number of carbonyl (C=O) groups excluding carboxylic acids is 2. The molecule has 0 fully saturated rings. The van der Waals surface area contributed by atoms with Crippen molar-refractivity contribution < 1.29 is 14.3 Å². The first kappa shape index (κ1) is 18.7. The summed E-state index contributed by atoms with van der Waals surface area (Å²) in [5, 5.41) is 9.97. The van der Waals surface area contributed by atoms with Crippen molar-refractivity contribution in [1.29, 1.82) is 0 Å². The third-order valence-corrected chi connectivity index (χ3v) is 4.98. The predicted molar refractivity (Wildman–Crippen MR) is 109 cm³/mol. The van der Waals surface area contributed by atoms with Crippen LogP contribution in [0.2, 0.25) is 0 Å². The zero-order valence-electron chi connectivity index (χ0n) is 16.4. The van der Waals surface area contributed by atoms with Gasteiger partial charge in [0.2, 0.25) is 11.9 Å². The number of nitrogens with one attached hydrogen (secondary N) is 2. The lowest BCUT2D eigenvalue weighted by molar-refractivity contribution is -0.123. The van der Waals surface area contributed by atoms with Crippen LogP contribution in [0.4, 0.5) is 11.6 Å². The van der Waals surface area contributed by atoms with Crippen molar-refractivity contribution in [2.24, 2.45) is 0 Å². The van der Waals surface area contributed by atoms with Crippen LogP contribution in [0.3, 0.4) is 0 Å². The number of benzene rings is 2. The van der Waals surface area contributed by atoms with Crippen LogP contribution in [-0.4, -0.2) is 33.7 Å². The number of hydrogen-bond acceptors (Lipinski definition) is 5. The van der Waals surface area contributed by atoms with Crippen LogP contribution in [0.15, 0.2) is 42.5 Å². The van der Waals surface area contributed by atoms with Crippen molar-refractivity contribution in [3.05, 3.63) is 53.6 Å². The van der Waals surface area contributed by atoms with Crippen molar-refractivity contribution >= 4 is 23.5 Å². The number of ether oxygens (including phenoxy) is 1. The van der Waals surface area contributed by atoms with E-state index in [1.165, 1.54) is 4.68 Å². The Morgan fingerprint density at radius 3 is 2.62 bits per heavy atom. The van der Waals surface area contributed by atoms with Crippen molar-refractivity contribution in [3.63, 3.8) is 0 Å². The average molecular weight is 391 g/mol. The van der Waals surface area contributed by atoms with E-state index in [0.717, 1.165) is 22.4 Å². The summed E-state index contributed by atoms with van der Waals surface area (Å²) in [6, 6.07) is 12.3. The molecule has 2 amide bonds. The summed E-state index contributed by atoms with van der Waals surface area (Å²) in [4.78, 5) is 29.2. The van der Waals surface area contributed by atoms with Gasteiger partial charge in [0, 0.05) is 11.3 Å². The van der Waals surface area contributed by atoms with Gasteiger partial charge in [0.05, 0.1) is 13.5 Å². The molecule has 0 saturated carbocycles. The van der Waals surface area contributed by atoms with Crippen LogP contribution < -0.4 is 15.4 Å². The van der Waals surface area contributed by atoms with E-state index >= 15 is 0 Å². The molecule has 2 aromatic carbocycles. The molecule has 1 aliphatic rings. The molecule has 2 heterocycles. The zero-order chi connectivity index (χ0) is 20.5. The number of anilines is 2. The Labute approximate surface area is 167 Å². The summed E-state index contributed by atoms with van der Waals surface area (Å²) in [6.07, 6.45) is -0.0306. The second kappa shape index (κ2) is 7.38. The van der Waals surface area contributed by atoms with Crippen LogP contribution in [0, 0.1) is 13.8 Å². The molecule has 148 valence electrons. The molecule has 3 aromatic rings. The van der Waals surface area contributed by atoms with Crippen LogP contribution >= 0.6 is 0 Å². The highest BCUT2D eigenvalue weighted by Gasteiger charge is 2.35. The Morgan fingerprint density at radius 2 is 1.93 bits per heavy atom. The van der Waals surface area contributed by atoms with Crippen molar-refractivity contribution in [2.75, 3.05) is 17.7 Å². The van der Waals surface area contributed by atoms with Crippen LogP contribution in [0.1, 0.15) is 23.6 Å². The minimum Gasteiger partial charge on any atom is -0.497 e. The molecule has 0 radical (unpaired) electrons. The van der Waals surface area contributed by atoms with Crippen molar-refractivity contribution in [2.45, 2.75) is 26.3 Å². The molecule has 0 bridgehead atoms. The lowest BCUT2D eigenvalue weighted by Crippen LogP contribution is -2.23. The molecule has 4 rings (SSSR count). The average Bonchev–Trinajstić information content (AvgIpc) is 3.23. The molecular weight excluding hydrogens is 370 g/mol. The van der Waals surface area contributed by atoms with Gasteiger partial charge in [0.1, 0.15) is 11.8 Å². The molecule has 2 N–H and O–H groups in total. The number of fused-ring (bicyclic) bond motifs is 1. The van der Waals surface area contributed by atoms with Gasteiger partial charge < -0.3 is 10.1 Å². The maximum absolute atomic E-state index is 12.5. The topological polar surface area (TPSA) is 98.1 Å². The standard InChI is InChI=1S/C21H21N5O3/c1-12-4-7-15(10-13(12)2)22-18(27)11-17-20(28)24-21-23-19(25-26(17)21)14-5-8-16(29-3)9-6-14/h4-10,17H,11H2,1-3H3,(H,22,27)(H,23,24,25,28)/t17-/m1/s1. The highest BCUT2D eigenvalue weighted by molar-refractivity contribution is 6.01. The SMILES string of the molecule is COc1ccc(-c2nc3n(n2)[C@H](CC(=O)Nc2ccc(C)c(C)c2)C(=O)N3)cc1. The molecule has 0 aliphatic carbocycles. The summed E-state index contributed by atoms with van der Waals surface area (Å²) in [5.74, 6) is 0.987. The summed E-state index contributed by atoms with van der Waals surface area (Å²) >= 11 is 0. The first-order valence-corrected chi connectivity index (χ1v) is 9.23. The number of aryl methyl sites for hydroxylation is 2. The van der Waals surface area contributed by atoms with Crippen LogP contribution in [0.25, 0.3) is 11.4 Å². The zero-order valence-corrected chi connectivity index (χ0v) is 16.4. The third kappa shape index (κ3) is 3.69. The van der Waals surface area contributed by atoms with Gasteiger partial charge >= 0.3 is 0 Å². The van der Waals surface area contributed by atoms with E-state index in [4.69, 9.17) is 4.74 Å². The number of carbonyl (C=O) groups is 2. The molecule has 1 aliphatic heterocycles. The van der Waals surface area contributed by atoms with Gasteiger partial charge in [-0.2, -0.15) is 4.98 Å². The van der Waals surface area contributed by atoms with Crippen molar-refractivity contribution in [3.8, 4) is 17.1 Å². The fourth-order valence-corrected chi connectivity index (χ4v) is 3.18. The number of aromatic nitrogens is 3. The smallest absolute Gasteiger partial charge is 0.252 e. The van der Waals surface area contributed by atoms with Gasteiger partial charge in [0.25, 0.3) is 5.91 Å². The highest BCUT2D eigenvalue weighted by Crippen LogP contribution is 2.29. The first-order chi connectivity index (χ1) is 13.9. The molecule has 0 saturated heterocycles. The maximum Gasteiger partial charge on any atom is 0.252 e. The van der Waals surface area contributed by atoms with E-state index in [2.05, 4.69) is 20.7 Å². The number of nitrogens with zero attached hydrogens (tertiary/aromatic N) is 3. The summed E-state index contributed by atoms with van der Waals surface area (Å²) in [7, 11) is 1.60. The van der Waals surface area contributed by atoms with Gasteiger partial charge in [0.15, 0.2) is 5.82 Å². The normalized spacial score (nSPS) is 15.0. The van der Waals surface area contributed by atoms with Crippen LogP contribution in [-0.2, 0) is 9.59 Å². The maximum atomic E-state index is 12.5. The van der Waals surface area contributed by atoms with Crippen molar-refractivity contribution in [1.82, 2.24) is 14.8 Å². The molecule has 8 heteroatoms. The second-order valence-electron chi connectivity index (χ2n) is 6.99. The number of methoxy groups -OCH3 is 1. The molecule has 1 aromatic heterocycles. The lowest BCUT2D eigenvalue weighted by atomic mass is 10.1. The van der Waals surface area contributed by atoms with Gasteiger partial charge in [-0.3, -0.25) is 14.9 Å². The molecule has 8 nitrogen and oxygen atoms in total. The Kier molecular flexibility index (Phi) is 4.75. The Hall–Kier alpha value is -3.68. The van der Waals surface area contributed by atoms with E-state index < -0.39 is 6.04 Å². The Morgan fingerprint density at radius 1 is 1.17 bits per heavy atom. The largest absolute Gasteiger partial charge is 0.497 e. The van der Waals surface area contributed by atoms with E-state index in [0.29, 0.717) is 17.5 Å². The fourth-order valence-electron chi connectivity index (χ4n) is 3.18. The molecular formula is C21H21N5O3. The van der Waals surface area contributed by atoms with Gasteiger partial charge in [-0.05, 0) is 61.4 Å². The Bertz CT molecular complexity index is 1090. The molecule has 0 spiro atoms. The highest BCUT2D eigenvalue weighted by atomic mass is 16.5. The van der Waals surface area contributed by atoms with Gasteiger partial charge in [-0.25, -0.2) is 4.68 Å². The summed E-state index contributed by atoms with van der Waals surface area (Å²) in [5.41, 5.74) is 3.73. The Balaban J connectivity index is 1.50. The minimum atomic E-state index is -0.740. The molecule has 29 heavy (non-hydrogen) atoms. The third-order valence-electron chi connectivity index (χ3n) is 4.98. The second-order valence-corrected chi connectivity index (χ2v) is 6.99. The van der Waals surface area contributed by atoms with E-state index in [1.54, 1.807) is 7.11 Å². The van der Waals surface area contributed by atoms with Gasteiger partial charge in [-0.1, -0.05) is 6.07 Å². The van der Waals surface area contributed by atoms with E-state index in [9.17, 15) is 9.59 Å². The van der Waals surface area contributed by atoms with Crippen LogP contribution in [0.5, 0.6) is 5.75 Å². The number of hydrogen-bond donors (Lipinski definition) is 2. The van der Waals surface area contributed by atoms with E-state index in [1.807, 2.05) is 56.3 Å². The fraction of sp³-hybridized carbons (Fsp3) is 0.238. The minimum absolute atomic E-state index is 0.0306. The van der Waals surface area contributed by atoms with E-state index in [-0.39, 0.29) is 18.2 Å². The summed E-state index contributed by atoms with van der Waals surface area (Å²) in [6.45, 7) is 3.99. The first-order valence-electron chi connectivity index (χ1n) is 9.23. The molecule has 0 unspecified atom stereocenters. The predicted octanol–water partition coefficient (Wildman–Crippen LogP) is 3.09. The number of amides is 2. The summed E-state index contributed by atoms with van der Waals surface area (Å²) < 4.78 is 6.63. The van der Waals surface area contributed by atoms with Gasteiger partial charge in [-0.15, -0.1) is 5.10 Å². The quantitative estimate of drug-likeness (QED) is 0.696.